The van der Waals surface area contributed by atoms with Crippen LogP contribution in [0, 0.1) is 6.92 Å². The molecule has 0 aliphatic heterocycles. The van der Waals surface area contributed by atoms with Gasteiger partial charge >= 0.3 is 0 Å². The lowest BCUT2D eigenvalue weighted by atomic mass is 10.1. The van der Waals surface area contributed by atoms with E-state index in [4.69, 9.17) is 14.9 Å². The van der Waals surface area contributed by atoms with E-state index in [-0.39, 0.29) is 6.01 Å². The molecule has 0 aliphatic rings. The summed E-state index contributed by atoms with van der Waals surface area (Å²) in [5.74, 6) is 1.64. The molecule has 1 aromatic carbocycles. The van der Waals surface area contributed by atoms with E-state index in [0.29, 0.717) is 13.0 Å². The molecule has 4 nitrogen and oxygen atoms in total. The molecule has 2 aromatic rings. The highest BCUT2D eigenvalue weighted by Crippen LogP contribution is 2.19. The highest BCUT2D eigenvalue weighted by Gasteiger charge is 2.08. The normalized spacial score (nSPS) is 10.5. The molecule has 0 radical (unpaired) electrons. The Morgan fingerprint density at radius 1 is 1.41 bits per heavy atom. The molecule has 90 valence electrons. The first-order chi connectivity index (χ1) is 8.19. The van der Waals surface area contributed by atoms with Gasteiger partial charge in [0.1, 0.15) is 11.5 Å². The minimum absolute atomic E-state index is 0.221. The van der Waals surface area contributed by atoms with Crippen molar-refractivity contribution in [1.29, 1.82) is 0 Å². The topological polar surface area (TPSA) is 61.3 Å². The number of aryl methyl sites for hydroxylation is 1. The molecule has 0 aliphatic carbocycles. The Bertz CT molecular complexity index is 506. The summed E-state index contributed by atoms with van der Waals surface area (Å²) < 4.78 is 10.7. The molecule has 1 aromatic heterocycles. The van der Waals surface area contributed by atoms with Crippen LogP contribution in [-0.2, 0) is 6.42 Å². The summed E-state index contributed by atoms with van der Waals surface area (Å²) in [7, 11) is 0. The van der Waals surface area contributed by atoms with Crippen LogP contribution in [0.3, 0.4) is 0 Å². The molecule has 1 heterocycles. The average molecular weight is 232 g/mol. The van der Waals surface area contributed by atoms with Gasteiger partial charge in [0, 0.05) is 6.42 Å². The van der Waals surface area contributed by atoms with Crippen LogP contribution >= 0.6 is 0 Å². The Labute approximate surface area is 100 Å². The number of aromatic nitrogens is 1. The summed E-state index contributed by atoms with van der Waals surface area (Å²) in [4.78, 5) is 4.15. The van der Waals surface area contributed by atoms with E-state index in [1.807, 2.05) is 38.1 Å². The molecule has 2 rings (SSSR count). The molecular formula is C13H16N2O2. The summed E-state index contributed by atoms with van der Waals surface area (Å²) in [6.07, 6.45) is 0.702. The van der Waals surface area contributed by atoms with Crippen molar-refractivity contribution in [3.05, 3.63) is 41.3 Å². The lowest BCUT2D eigenvalue weighted by molar-refractivity contribution is 0.340. The summed E-state index contributed by atoms with van der Waals surface area (Å²) in [6.45, 7) is 4.50. The van der Waals surface area contributed by atoms with Crippen molar-refractivity contribution in [3.8, 4) is 5.75 Å². The highest BCUT2D eigenvalue weighted by atomic mass is 16.5. The van der Waals surface area contributed by atoms with Gasteiger partial charge in [-0.15, -0.1) is 0 Å². The van der Waals surface area contributed by atoms with E-state index in [0.717, 1.165) is 22.8 Å². The first-order valence-corrected chi connectivity index (χ1v) is 5.62. The minimum Gasteiger partial charge on any atom is -0.494 e. The van der Waals surface area contributed by atoms with E-state index in [1.54, 1.807) is 0 Å². The fraction of sp³-hybridized carbons (Fsp3) is 0.308. The Morgan fingerprint density at radius 2 is 2.24 bits per heavy atom. The molecule has 0 atom stereocenters. The van der Waals surface area contributed by atoms with Crippen LogP contribution in [0.5, 0.6) is 5.75 Å². The lowest BCUT2D eigenvalue weighted by Crippen LogP contribution is -1.95. The third kappa shape index (κ3) is 2.78. The largest absolute Gasteiger partial charge is 0.494 e. The number of benzene rings is 1. The molecule has 0 saturated heterocycles. The van der Waals surface area contributed by atoms with Crippen molar-refractivity contribution in [2.24, 2.45) is 0 Å². The molecule has 4 heteroatoms. The Balaban J connectivity index is 2.18. The van der Waals surface area contributed by atoms with Gasteiger partial charge < -0.3 is 14.9 Å². The van der Waals surface area contributed by atoms with Gasteiger partial charge in [0.2, 0.25) is 0 Å². The van der Waals surface area contributed by atoms with Crippen LogP contribution < -0.4 is 10.5 Å². The number of nitrogen functional groups attached to an aromatic ring is 1. The molecule has 2 N–H and O–H groups in total. The minimum atomic E-state index is 0.221. The van der Waals surface area contributed by atoms with Crippen LogP contribution in [0.1, 0.15) is 23.9 Å². The first kappa shape index (κ1) is 11.5. The Kier molecular flexibility index (Phi) is 3.32. The van der Waals surface area contributed by atoms with Gasteiger partial charge in [-0.1, -0.05) is 12.1 Å². The van der Waals surface area contributed by atoms with Gasteiger partial charge in [-0.3, -0.25) is 0 Å². The fourth-order valence-corrected chi connectivity index (χ4v) is 1.72. The highest BCUT2D eigenvalue weighted by molar-refractivity contribution is 5.32. The number of anilines is 1. The Hall–Kier alpha value is -1.97. The van der Waals surface area contributed by atoms with Crippen molar-refractivity contribution < 1.29 is 9.15 Å². The predicted octanol–water partition coefficient (Wildman–Crippen LogP) is 2.55. The van der Waals surface area contributed by atoms with Crippen LogP contribution in [0.2, 0.25) is 0 Å². The molecule has 0 saturated carbocycles. The second-order valence-corrected chi connectivity index (χ2v) is 3.81. The SMILES string of the molecule is CCOc1cccc(Cc2nc(N)oc2C)c1. The van der Waals surface area contributed by atoms with Crippen molar-refractivity contribution >= 4 is 6.01 Å². The fourth-order valence-electron chi connectivity index (χ4n) is 1.72. The second-order valence-electron chi connectivity index (χ2n) is 3.81. The molecule has 17 heavy (non-hydrogen) atoms. The second kappa shape index (κ2) is 4.91. The monoisotopic (exact) mass is 232 g/mol. The zero-order valence-corrected chi connectivity index (χ0v) is 10.1. The maximum Gasteiger partial charge on any atom is 0.292 e. The van der Waals surface area contributed by atoms with E-state index in [2.05, 4.69) is 4.98 Å². The van der Waals surface area contributed by atoms with E-state index >= 15 is 0 Å². The van der Waals surface area contributed by atoms with Gasteiger partial charge in [-0.25, -0.2) is 0 Å². The molecule has 0 spiro atoms. The summed E-state index contributed by atoms with van der Waals surface area (Å²) in [5.41, 5.74) is 7.51. The van der Waals surface area contributed by atoms with Crippen molar-refractivity contribution in [1.82, 2.24) is 4.98 Å². The van der Waals surface area contributed by atoms with Crippen LogP contribution in [0.4, 0.5) is 6.01 Å². The molecule has 0 amide bonds. The maximum absolute atomic E-state index is 5.51. The quantitative estimate of drug-likeness (QED) is 0.880. The van der Waals surface area contributed by atoms with Gasteiger partial charge in [-0.2, -0.15) is 4.98 Å². The van der Waals surface area contributed by atoms with Crippen molar-refractivity contribution in [2.75, 3.05) is 12.3 Å². The lowest BCUT2D eigenvalue weighted by Gasteiger charge is -2.05. The summed E-state index contributed by atoms with van der Waals surface area (Å²) in [6, 6.07) is 8.18. The zero-order valence-electron chi connectivity index (χ0n) is 10.1. The molecule has 0 unspecified atom stereocenters. The molecule has 0 bridgehead atoms. The number of nitrogens with two attached hydrogens (primary N) is 1. The Morgan fingerprint density at radius 3 is 2.88 bits per heavy atom. The average Bonchev–Trinajstić information content (AvgIpc) is 2.58. The van der Waals surface area contributed by atoms with E-state index in [9.17, 15) is 0 Å². The zero-order chi connectivity index (χ0) is 12.3. The number of oxazole rings is 1. The van der Waals surface area contributed by atoms with E-state index < -0.39 is 0 Å². The van der Waals surface area contributed by atoms with Gasteiger partial charge in [-0.05, 0) is 31.5 Å². The van der Waals surface area contributed by atoms with Gasteiger partial charge in [0.15, 0.2) is 0 Å². The summed E-state index contributed by atoms with van der Waals surface area (Å²) >= 11 is 0. The van der Waals surface area contributed by atoms with Crippen molar-refractivity contribution in [3.63, 3.8) is 0 Å². The maximum atomic E-state index is 5.51. The van der Waals surface area contributed by atoms with Crippen LogP contribution in [-0.4, -0.2) is 11.6 Å². The van der Waals surface area contributed by atoms with Crippen LogP contribution in [0.25, 0.3) is 0 Å². The summed E-state index contributed by atoms with van der Waals surface area (Å²) in [5, 5.41) is 0. The van der Waals surface area contributed by atoms with Crippen molar-refractivity contribution in [2.45, 2.75) is 20.3 Å². The number of rotatable bonds is 4. The van der Waals surface area contributed by atoms with Gasteiger partial charge in [0.25, 0.3) is 6.01 Å². The molecule has 0 fully saturated rings. The number of nitrogens with zero attached hydrogens (tertiary/aromatic N) is 1. The standard InChI is InChI=1S/C13H16N2O2/c1-3-16-11-6-4-5-10(7-11)8-12-9(2)17-13(14)15-12/h4-7H,3,8H2,1-2H3,(H2,14,15). The third-order valence-corrected chi connectivity index (χ3v) is 2.49. The third-order valence-electron chi connectivity index (χ3n) is 2.49. The first-order valence-electron chi connectivity index (χ1n) is 5.62. The van der Waals surface area contributed by atoms with Gasteiger partial charge in [0.05, 0.1) is 12.3 Å². The molecular weight excluding hydrogens is 216 g/mol. The van der Waals surface area contributed by atoms with E-state index in [1.165, 1.54) is 0 Å². The predicted molar refractivity (Wildman–Crippen MR) is 66.1 cm³/mol. The number of hydrogen-bond acceptors (Lipinski definition) is 4. The smallest absolute Gasteiger partial charge is 0.292 e. The van der Waals surface area contributed by atoms with Crippen LogP contribution in [0.15, 0.2) is 28.7 Å². The number of ether oxygens (including phenoxy) is 1. The number of hydrogen-bond donors (Lipinski definition) is 1.